The lowest BCUT2D eigenvalue weighted by Gasteiger charge is -2.55. The Morgan fingerprint density at radius 2 is 1.76 bits per heavy atom. The second kappa shape index (κ2) is 6.38. The molecule has 1 heterocycles. The van der Waals surface area contributed by atoms with Crippen molar-refractivity contribution in [3.05, 3.63) is 11.6 Å². The number of nitrogens with one attached hydrogen (secondary N) is 2. The molecule has 0 unspecified atom stereocenters. The monoisotopic (exact) mass is 361 g/mol. The molecular formula is C19H27N3O2S. The molecule has 0 radical (unpaired) electrons. The maximum absolute atomic E-state index is 13.2. The minimum Gasteiger partial charge on any atom is -0.344 e. The van der Waals surface area contributed by atoms with Crippen LogP contribution in [0, 0.1) is 29.1 Å². The minimum absolute atomic E-state index is 0.0397. The van der Waals surface area contributed by atoms with Gasteiger partial charge in [-0.1, -0.05) is 13.8 Å². The number of thiazole rings is 1. The van der Waals surface area contributed by atoms with Gasteiger partial charge < -0.3 is 10.6 Å². The number of rotatable bonds is 5. The maximum Gasteiger partial charge on any atom is 0.248 e. The first-order valence-corrected chi connectivity index (χ1v) is 10.3. The van der Waals surface area contributed by atoms with Crippen molar-refractivity contribution < 1.29 is 9.59 Å². The molecule has 1 atom stereocenters. The summed E-state index contributed by atoms with van der Waals surface area (Å²) in [7, 11) is 0. The summed E-state index contributed by atoms with van der Waals surface area (Å²) in [5, 5.41) is 8.36. The fourth-order valence-electron chi connectivity index (χ4n) is 5.69. The number of anilines is 1. The van der Waals surface area contributed by atoms with Crippen LogP contribution in [0.25, 0.3) is 0 Å². The minimum atomic E-state index is -0.510. The van der Waals surface area contributed by atoms with Crippen LogP contribution in [-0.4, -0.2) is 22.8 Å². The number of amides is 2. The van der Waals surface area contributed by atoms with Gasteiger partial charge in [-0.3, -0.25) is 9.59 Å². The van der Waals surface area contributed by atoms with Gasteiger partial charge in [0.15, 0.2) is 5.13 Å². The molecule has 0 aliphatic heterocycles. The van der Waals surface area contributed by atoms with Gasteiger partial charge in [0.2, 0.25) is 11.8 Å². The first-order valence-electron chi connectivity index (χ1n) is 9.46. The Morgan fingerprint density at radius 1 is 1.16 bits per heavy atom. The highest BCUT2D eigenvalue weighted by Crippen LogP contribution is 2.60. The molecule has 5 nitrogen and oxygen atoms in total. The molecule has 4 aliphatic carbocycles. The highest BCUT2D eigenvalue weighted by Gasteiger charge is 2.55. The average molecular weight is 362 g/mol. The van der Waals surface area contributed by atoms with Crippen molar-refractivity contribution in [2.75, 3.05) is 5.32 Å². The SMILES string of the molecule is CC(C)[C@@H](NC(=O)C12CC3CC(CC(C3)C1)C2)C(=O)Nc1nccs1. The number of nitrogens with zero attached hydrogens (tertiary/aromatic N) is 1. The van der Waals surface area contributed by atoms with E-state index in [9.17, 15) is 9.59 Å². The van der Waals surface area contributed by atoms with E-state index in [2.05, 4.69) is 15.6 Å². The molecule has 0 aromatic carbocycles. The van der Waals surface area contributed by atoms with Crippen LogP contribution in [0.1, 0.15) is 52.4 Å². The van der Waals surface area contributed by atoms with Crippen LogP contribution in [0.5, 0.6) is 0 Å². The normalized spacial score (nSPS) is 34.1. The van der Waals surface area contributed by atoms with Crippen LogP contribution in [0.3, 0.4) is 0 Å². The molecule has 4 bridgehead atoms. The lowest BCUT2D eigenvalue weighted by Crippen LogP contribution is -2.57. The van der Waals surface area contributed by atoms with Crippen LogP contribution >= 0.6 is 11.3 Å². The van der Waals surface area contributed by atoms with E-state index in [0.29, 0.717) is 5.13 Å². The predicted molar refractivity (Wildman–Crippen MR) is 98.1 cm³/mol. The average Bonchev–Trinajstić information content (AvgIpc) is 3.03. The lowest BCUT2D eigenvalue weighted by atomic mass is 9.49. The predicted octanol–water partition coefficient (Wildman–Crippen LogP) is 3.44. The Labute approximate surface area is 153 Å². The van der Waals surface area contributed by atoms with Crippen molar-refractivity contribution in [2.45, 2.75) is 58.4 Å². The molecule has 5 rings (SSSR count). The highest BCUT2D eigenvalue weighted by atomic mass is 32.1. The van der Waals surface area contributed by atoms with E-state index >= 15 is 0 Å². The van der Waals surface area contributed by atoms with E-state index in [4.69, 9.17) is 0 Å². The standard InChI is InChI=1S/C19H27N3O2S/c1-11(2)15(16(23)22-18-20-3-4-25-18)21-17(24)19-8-12-5-13(9-19)7-14(6-12)10-19/h3-4,11-15H,5-10H2,1-2H3,(H,21,24)(H,20,22,23)/t12?,13?,14?,15-,19?/m1/s1. The molecule has 0 saturated heterocycles. The van der Waals surface area contributed by atoms with Gasteiger partial charge in [0.25, 0.3) is 0 Å². The second-order valence-electron chi connectivity index (χ2n) is 8.72. The molecular weight excluding hydrogens is 334 g/mol. The van der Waals surface area contributed by atoms with Gasteiger partial charge >= 0.3 is 0 Å². The zero-order valence-electron chi connectivity index (χ0n) is 15.0. The molecule has 2 N–H and O–H groups in total. The van der Waals surface area contributed by atoms with E-state index in [1.54, 1.807) is 6.20 Å². The fourth-order valence-corrected chi connectivity index (χ4v) is 6.22. The summed E-state index contributed by atoms with van der Waals surface area (Å²) in [6.07, 6.45) is 8.65. The summed E-state index contributed by atoms with van der Waals surface area (Å²) in [5.74, 6) is 2.15. The third-order valence-electron chi connectivity index (χ3n) is 6.42. The Hall–Kier alpha value is -1.43. The van der Waals surface area contributed by atoms with Crippen LogP contribution in [-0.2, 0) is 9.59 Å². The Bertz CT molecular complexity index is 620. The topological polar surface area (TPSA) is 71.1 Å². The number of hydrogen-bond acceptors (Lipinski definition) is 4. The zero-order chi connectivity index (χ0) is 17.6. The molecule has 0 spiro atoms. The fraction of sp³-hybridized carbons (Fsp3) is 0.737. The van der Waals surface area contributed by atoms with E-state index in [1.807, 2.05) is 19.2 Å². The smallest absolute Gasteiger partial charge is 0.248 e. The van der Waals surface area contributed by atoms with Crippen LogP contribution in [0.4, 0.5) is 5.13 Å². The first kappa shape index (κ1) is 17.0. The summed E-state index contributed by atoms with van der Waals surface area (Å²) in [6, 6.07) is -0.510. The number of carbonyl (C=O) groups is 2. The summed E-state index contributed by atoms with van der Waals surface area (Å²) in [5.41, 5.74) is -0.219. The van der Waals surface area contributed by atoms with Gasteiger partial charge in [0.05, 0.1) is 0 Å². The summed E-state index contributed by atoms with van der Waals surface area (Å²) < 4.78 is 0. The number of aromatic nitrogens is 1. The number of hydrogen-bond donors (Lipinski definition) is 2. The van der Waals surface area contributed by atoms with Gasteiger partial charge in [-0.2, -0.15) is 0 Å². The van der Waals surface area contributed by atoms with E-state index < -0.39 is 6.04 Å². The molecule has 4 saturated carbocycles. The van der Waals surface area contributed by atoms with Crippen molar-refractivity contribution in [3.63, 3.8) is 0 Å². The summed E-state index contributed by atoms with van der Waals surface area (Å²) in [6.45, 7) is 3.96. The van der Waals surface area contributed by atoms with Crippen molar-refractivity contribution >= 4 is 28.3 Å². The first-order chi connectivity index (χ1) is 11.9. The number of carbonyl (C=O) groups excluding carboxylic acids is 2. The summed E-state index contributed by atoms with van der Waals surface area (Å²) in [4.78, 5) is 30.0. The van der Waals surface area contributed by atoms with Crippen molar-refractivity contribution in [2.24, 2.45) is 29.1 Å². The van der Waals surface area contributed by atoms with Crippen molar-refractivity contribution in [1.82, 2.24) is 10.3 Å². The largest absolute Gasteiger partial charge is 0.344 e. The molecule has 4 aliphatic rings. The highest BCUT2D eigenvalue weighted by molar-refractivity contribution is 7.13. The Morgan fingerprint density at radius 3 is 2.24 bits per heavy atom. The van der Waals surface area contributed by atoms with Gasteiger partial charge in [-0.25, -0.2) is 4.98 Å². The van der Waals surface area contributed by atoms with Gasteiger partial charge in [-0.05, 0) is 62.2 Å². The van der Waals surface area contributed by atoms with Gasteiger partial charge in [-0.15, -0.1) is 11.3 Å². The molecule has 6 heteroatoms. The van der Waals surface area contributed by atoms with E-state index in [0.717, 1.165) is 37.0 Å². The second-order valence-corrected chi connectivity index (χ2v) is 9.61. The summed E-state index contributed by atoms with van der Waals surface area (Å²) >= 11 is 1.39. The van der Waals surface area contributed by atoms with Gasteiger partial charge in [0.1, 0.15) is 6.04 Å². The maximum atomic E-state index is 13.2. The molecule has 2 amide bonds. The van der Waals surface area contributed by atoms with Crippen LogP contribution in [0.15, 0.2) is 11.6 Å². The van der Waals surface area contributed by atoms with Gasteiger partial charge in [0, 0.05) is 17.0 Å². The van der Waals surface area contributed by atoms with E-state index in [1.165, 1.54) is 30.6 Å². The third-order valence-corrected chi connectivity index (χ3v) is 7.11. The van der Waals surface area contributed by atoms with E-state index in [-0.39, 0.29) is 23.1 Å². The van der Waals surface area contributed by atoms with Crippen molar-refractivity contribution in [1.29, 1.82) is 0 Å². The quantitative estimate of drug-likeness (QED) is 0.844. The lowest BCUT2D eigenvalue weighted by molar-refractivity contribution is -0.148. The molecule has 136 valence electrons. The molecule has 1 aromatic heterocycles. The molecule has 1 aromatic rings. The Balaban J connectivity index is 1.47. The molecule has 25 heavy (non-hydrogen) atoms. The third kappa shape index (κ3) is 3.21. The zero-order valence-corrected chi connectivity index (χ0v) is 15.8. The van der Waals surface area contributed by atoms with Crippen LogP contribution < -0.4 is 10.6 Å². The van der Waals surface area contributed by atoms with Crippen LogP contribution in [0.2, 0.25) is 0 Å². The Kier molecular flexibility index (Phi) is 4.34. The van der Waals surface area contributed by atoms with Crippen molar-refractivity contribution in [3.8, 4) is 0 Å². The molecule has 4 fully saturated rings.